The van der Waals surface area contributed by atoms with Gasteiger partial charge in [-0.25, -0.2) is 0 Å². The van der Waals surface area contributed by atoms with E-state index in [0.29, 0.717) is 26.1 Å². The molecule has 7 atom stereocenters. The molecule has 3 amide bonds. The molecule has 3 aliphatic rings. The van der Waals surface area contributed by atoms with Gasteiger partial charge in [-0.05, 0) is 19.8 Å². The Morgan fingerprint density at radius 3 is 2.58 bits per heavy atom. The number of likely N-dealkylation sites (tertiary alicyclic amines) is 1. The summed E-state index contributed by atoms with van der Waals surface area (Å²) in [4.78, 5) is 45.8. The Morgan fingerprint density at radius 2 is 2.00 bits per heavy atom. The number of carbonyl (C=O) groups is 3. The number of hydrogen-bond acceptors (Lipinski definition) is 5. The maximum absolute atomic E-state index is 14.0. The summed E-state index contributed by atoms with van der Waals surface area (Å²) in [5.74, 6) is -2.17. The summed E-state index contributed by atoms with van der Waals surface area (Å²) in [6, 6.07) is -1.48. The molecule has 3 aliphatic heterocycles. The Bertz CT molecular complexity index is 807. The molecule has 3 heterocycles. The van der Waals surface area contributed by atoms with Gasteiger partial charge in [0.1, 0.15) is 11.6 Å². The molecule has 184 valence electrons. The fourth-order valence-corrected chi connectivity index (χ4v) is 6.64. The van der Waals surface area contributed by atoms with Gasteiger partial charge in [0.15, 0.2) is 0 Å². The summed E-state index contributed by atoms with van der Waals surface area (Å²) in [6.07, 6.45) is 5.01. The van der Waals surface area contributed by atoms with Crippen molar-refractivity contribution in [1.82, 2.24) is 14.7 Å². The summed E-state index contributed by atoms with van der Waals surface area (Å²) in [5, 5.41) is 9.94. The quantitative estimate of drug-likeness (QED) is 0.326. The number of unbranched alkanes of at least 4 members (excludes halogenated alkanes) is 1. The molecule has 9 heteroatoms. The van der Waals surface area contributed by atoms with Gasteiger partial charge in [-0.1, -0.05) is 41.4 Å². The third kappa shape index (κ3) is 4.17. The Labute approximate surface area is 204 Å². The topological polar surface area (TPSA) is 90.4 Å². The van der Waals surface area contributed by atoms with Crippen LogP contribution in [0.3, 0.4) is 0 Å². The minimum Gasteiger partial charge on any atom is -0.394 e. The van der Waals surface area contributed by atoms with Gasteiger partial charge >= 0.3 is 0 Å². The maximum Gasteiger partial charge on any atom is 0.248 e. The fourth-order valence-electron chi connectivity index (χ4n) is 5.70. The highest BCUT2D eigenvalue weighted by atomic mass is 79.9. The molecule has 0 aromatic rings. The lowest BCUT2D eigenvalue weighted by Crippen LogP contribution is -2.58. The zero-order valence-electron chi connectivity index (χ0n) is 19.8. The van der Waals surface area contributed by atoms with Crippen LogP contribution in [0.2, 0.25) is 0 Å². The van der Waals surface area contributed by atoms with Crippen LogP contribution in [0.5, 0.6) is 0 Å². The first kappa shape index (κ1) is 25.9. The van der Waals surface area contributed by atoms with Crippen LogP contribution < -0.4 is 0 Å². The van der Waals surface area contributed by atoms with E-state index in [9.17, 15) is 19.5 Å². The zero-order valence-corrected chi connectivity index (χ0v) is 21.4. The molecule has 3 unspecified atom stereocenters. The van der Waals surface area contributed by atoms with Crippen LogP contribution in [0, 0.1) is 11.8 Å². The van der Waals surface area contributed by atoms with Crippen LogP contribution >= 0.6 is 15.9 Å². The van der Waals surface area contributed by atoms with Crippen molar-refractivity contribution >= 4 is 33.7 Å². The second kappa shape index (κ2) is 10.3. The van der Waals surface area contributed by atoms with Crippen molar-refractivity contribution in [3.63, 3.8) is 0 Å². The molecule has 1 N–H and O–H groups in total. The number of nitrogens with zero attached hydrogens (tertiary/aromatic N) is 3. The molecule has 0 aliphatic carbocycles. The van der Waals surface area contributed by atoms with Crippen LogP contribution in [0.25, 0.3) is 0 Å². The highest BCUT2D eigenvalue weighted by Crippen LogP contribution is 2.60. The molecule has 3 fully saturated rings. The molecular weight excluding hydrogens is 490 g/mol. The second-order valence-electron chi connectivity index (χ2n) is 9.37. The highest BCUT2D eigenvalue weighted by molar-refractivity contribution is 9.09. The monoisotopic (exact) mass is 525 g/mol. The largest absolute Gasteiger partial charge is 0.394 e. The van der Waals surface area contributed by atoms with E-state index >= 15 is 0 Å². The molecule has 8 nitrogen and oxygen atoms in total. The zero-order chi connectivity index (χ0) is 24.5. The molecule has 2 bridgehead atoms. The lowest BCUT2D eigenvalue weighted by Gasteiger charge is -2.38. The van der Waals surface area contributed by atoms with Crippen molar-refractivity contribution in [3.8, 4) is 0 Å². The van der Waals surface area contributed by atoms with Crippen molar-refractivity contribution in [2.24, 2.45) is 11.8 Å². The summed E-state index contributed by atoms with van der Waals surface area (Å²) in [5.41, 5.74) is -1.11. The van der Waals surface area contributed by atoms with Crippen molar-refractivity contribution in [2.75, 3.05) is 33.3 Å². The van der Waals surface area contributed by atoms with Crippen molar-refractivity contribution < 1.29 is 24.2 Å². The molecule has 0 aromatic carbocycles. The van der Waals surface area contributed by atoms with Crippen molar-refractivity contribution in [3.05, 3.63) is 25.3 Å². The van der Waals surface area contributed by atoms with Gasteiger partial charge in [0, 0.05) is 31.5 Å². The summed E-state index contributed by atoms with van der Waals surface area (Å²) in [7, 11) is 1.68. The highest BCUT2D eigenvalue weighted by Gasteiger charge is 2.77. The smallest absolute Gasteiger partial charge is 0.248 e. The van der Waals surface area contributed by atoms with E-state index in [1.165, 1.54) is 4.90 Å². The van der Waals surface area contributed by atoms with Gasteiger partial charge in [0.05, 0.1) is 30.6 Å². The third-order valence-corrected chi connectivity index (χ3v) is 8.05. The number of hydrogen-bond donors (Lipinski definition) is 1. The van der Waals surface area contributed by atoms with E-state index in [-0.39, 0.29) is 29.2 Å². The molecular formula is C24H36BrN3O5. The van der Waals surface area contributed by atoms with Gasteiger partial charge in [0.25, 0.3) is 0 Å². The van der Waals surface area contributed by atoms with Crippen LogP contribution in [0.1, 0.15) is 33.1 Å². The lowest BCUT2D eigenvalue weighted by atomic mass is 9.70. The molecule has 0 saturated carbocycles. The predicted molar refractivity (Wildman–Crippen MR) is 129 cm³/mol. The van der Waals surface area contributed by atoms with Gasteiger partial charge < -0.3 is 24.5 Å². The summed E-state index contributed by atoms with van der Waals surface area (Å²) < 4.78 is 6.48. The normalized spacial score (nSPS) is 33.1. The maximum atomic E-state index is 14.0. The number of carbonyl (C=O) groups excluding carboxylic acids is 3. The van der Waals surface area contributed by atoms with Gasteiger partial charge in [-0.2, -0.15) is 0 Å². The average Bonchev–Trinajstić information content (AvgIpc) is 3.38. The third-order valence-electron chi connectivity index (χ3n) is 7.21. The number of aliphatic hydroxyl groups is 1. The van der Waals surface area contributed by atoms with E-state index in [1.54, 1.807) is 35.9 Å². The van der Waals surface area contributed by atoms with Crippen LogP contribution in [-0.4, -0.2) is 99.4 Å². The van der Waals surface area contributed by atoms with Gasteiger partial charge in [-0.15, -0.1) is 13.2 Å². The molecule has 1 spiro atoms. The minimum absolute atomic E-state index is 0.157. The van der Waals surface area contributed by atoms with Gasteiger partial charge in [0.2, 0.25) is 17.7 Å². The molecule has 3 saturated heterocycles. The van der Waals surface area contributed by atoms with E-state index in [2.05, 4.69) is 36.0 Å². The minimum atomic E-state index is -1.11. The Balaban J connectivity index is 2.07. The van der Waals surface area contributed by atoms with E-state index in [1.807, 2.05) is 0 Å². The first-order valence-electron chi connectivity index (χ1n) is 11.7. The summed E-state index contributed by atoms with van der Waals surface area (Å²) >= 11 is 3.67. The first-order valence-corrected chi connectivity index (χ1v) is 12.6. The number of alkyl halides is 1. The van der Waals surface area contributed by atoms with Gasteiger partial charge in [-0.3, -0.25) is 14.4 Å². The standard InChI is InChI=1S/C24H36BrN3O5/c1-6-9-12-27(11-8-3)23(32)20-24-13-16(25)19(33-24)17(21(30)26(5)10-7-2)18(24)22(31)28(20)15(4)14-29/h7-8,15-20,29H,2-3,6,9-14H2,1,4-5H3/t15-,16?,17-,18+,19-,20?,24?/m1/s1. The number of halogens is 1. The molecule has 0 radical (unpaired) electrons. The lowest BCUT2D eigenvalue weighted by molar-refractivity contribution is -0.151. The fraction of sp³-hybridized carbons (Fsp3) is 0.708. The number of likely N-dealkylation sites (N-methyl/N-ethyl adjacent to an activating group) is 1. The van der Waals surface area contributed by atoms with E-state index in [4.69, 9.17) is 4.74 Å². The number of fused-ring (bicyclic) bond motifs is 1. The van der Waals surface area contributed by atoms with E-state index < -0.39 is 35.6 Å². The Morgan fingerprint density at radius 1 is 1.33 bits per heavy atom. The molecule has 3 rings (SSSR count). The number of aliphatic hydroxyl groups excluding tert-OH is 1. The van der Waals surface area contributed by atoms with E-state index in [0.717, 1.165) is 12.8 Å². The summed E-state index contributed by atoms with van der Waals surface area (Å²) in [6.45, 7) is 12.2. The number of amides is 3. The first-order chi connectivity index (χ1) is 15.7. The SMILES string of the molecule is C=CCN(C)C(=O)[C@H]1[C@@H]2OC3(CC2Br)C(C(=O)N(CC=C)CCCC)N([C@H](C)CO)C(=O)[C@H]13. The number of ether oxygens (including phenoxy) is 1. The molecule has 33 heavy (non-hydrogen) atoms. The Hall–Kier alpha value is -1.71. The average molecular weight is 526 g/mol. The second-order valence-corrected chi connectivity index (χ2v) is 10.6. The van der Waals surface area contributed by atoms with Crippen molar-refractivity contribution in [2.45, 2.75) is 61.7 Å². The van der Waals surface area contributed by atoms with Crippen LogP contribution in [0.15, 0.2) is 25.3 Å². The Kier molecular flexibility index (Phi) is 8.07. The number of rotatable bonds is 11. The molecule has 0 aromatic heterocycles. The predicted octanol–water partition coefficient (Wildman–Crippen LogP) is 1.57. The van der Waals surface area contributed by atoms with Crippen LogP contribution in [-0.2, 0) is 19.1 Å². The van der Waals surface area contributed by atoms with Crippen molar-refractivity contribution in [1.29, 1.82) is 0 Å². The van der Waals surface area contributed by atoms with Crippen LogP contribution in [0.4, 0.5) is 0 Å².